The third-order valence-corrected chi connectivity index (χ3v) is 1.74. The molecule has 0 aromatic carbocycles. The summed E-state index contributed by atoms with van der Waals surface area (Å²) in [6.45, 7) is 0.488. The number of rotatable bonds is 4. The molecule has 0 fully saturated rings. The summed E-state index contributed by atoms with van der Waals surface area (Å²) in [5.74, 6) is 0.711. The van der Waals surface area contributed by atoms with E-state index in [1.807, 2.05) is 0 Å². The van der Waals surface area contributed by atoms with Gasteiger partial charge in [-0.1, -0.05) is 0 Å². The van der Waals surface area contributed by atoms with Crippen molar-refractivity contribution >= 4 is 22.7 Å². The van der Waals surface area contributed by atoms with Crippen molar-refractivity contribution in [1.82, 2.24) is 4.72 Å². The molecule has 0 atom stereocenters. The van der Waals surface area contributed by atoms with E-state index >= 15 is 0 Å². The van der Waals surface area contributed by atoms with Crippen molar-refractivity contribution in [2.75, 3.05) is 18.6 Å². The molecule has 0 aliphatic heterocycles. The van der Waals surface area contributed by atoms with E-state index in [2.05, 4.69) is 17.4 Å². The van der Waals surface area contributed by atoms with Gasteiger partial charge in [0.2, 0.25) is 10.0 Å². The van der Waals surface area contributed by atoms with E-state index < -0.39 is 10.0 Å². The van der Waals surface area contributed by atoms with E-state index in [1.165, 1.54) is 0 Å². The normalized spacial score (nSPS) is 11.8. The molecule has 3 nitrogen and oxygen atoms in total. The molecule has 0 aromatic heterocycles. The van der Waals surface area contributed by atoms with Crippen LogP contribution in [0.3, 0.4) is 0 Å². The highest BCUT2D eigenvalue weighted by Crippen LogP contribution is 1.81. The Morgan fingerprint density at radius 3 is 2.44 bits per heavy atom. The molecule has 0 aliphatic rings. The molecular formula is C4H11NO2S2. The van der Waals surface area contributed by atoms with Gasteiger partial charge in [0.1, 0.15) is 0 Å². The van der Waals surface area contributed by atoms with Crippen LogP contribution in [-0.2, 0) is 10.0 Å². The molecule has 9 heavy (non-hydrogen) atoms. The van der Waals surface area contributed by atoms with Crippen molar-refractivity contribution in [3.05, 3.63) is 0 Å². The van der Waals surface area contributed by atoms with Gasteiger partial charge in [0.05, 0.1) is 6.26 Å². The van der Waals surface area contributed by atoms with Gasteiger partial charge in [0, 0.05) is 6.54 Å². The standard InChI is InChI=1S/C4H11NO2S2/c1-9(6,7)5-3-2-4-8/h5,8H,2-4H2,1H3. The lowest BCUT2D eigenvalue weighted by atomic mass is 10.5. The van der Waals surface area contributed by atoms with Crippen LogP contribution < -0.4 is 4.72 Å². The van der Waals surface area contributed by atoms with Crippen LogP contribution in [0.5, 0.6) is 0 Å². The monoisotopic (exact) mass is 169 g/mol. The van der Waals surface area contributed by atoms with Gasteiger partial charge in [0.25, 0.3) is 0 Å². The summed E-state index contributed by atoms with van der Waals surface area (Å²) in [6.07, 6.45) is 1.92. The molecule has 0 amide bonds. The van der Waals surface area contributed by atoms with E-state index in [-0.39, 0.29) is 0 Å². The van der Waals surface area contributed by atoms with E-state index in [0.29, 0.717) is 12.3 Å². The first-order chi connectivity index (χ1) is 4.06. The first-order valence-corrected chi connectivity index (χ1v) is 5.14. The van der Waals surface area contributed by atoms with E-state index in [9.17, 15) is 8.42 Å². The summed E-state index contributed by atoms with van der Waals surface area (Å²) in [6, 6.07) is 0. The molecule has 0 bridgehead atoms. The summed E-state index contributed by atoms with van der Waals surface area (Å²) in [5, 5.41) is 0. The summed E-state index contributed by atoms with van der Waals surface area (Å²) in [5.41, 5.74) is 0. The maximum absolute atomic E-state index is 10.4. The lowest BCUT2D eigenvalue weighted by Gasteiger charge is -1.97. The predicted octanol–water partition coefficient (Wildman–Crippen LogP) is -0.145. The van der Waals surface area contributed by atoms with Crippen LogP contribution in [0, 0.1) is 0 Å². The van der Waals surface area contributed by atoms with Crippen LogP contribution in [0.2, 0.25) is 0 Å². The van der Waals surface area contributed by atoms with Gasteiger partial charge in [-0.25, -0.2) is 13.1 Å². The summed E-state index contributed by atoms with van der Waals surface area (Å²) in [7, 11) is -2.98. The van der Waals surface area contributed by atoms with Crippen LogP contribution >= 0.6 is 12.6 Å². The molecular weight excluding hydrogens is 158 g/mol. The Morgan fingerprint density at radius 2 is 2.11 bits per heavy atom. The molecule has 0 saturated carbocycles. The summed E-state index contributed by atoms with van der Waals surface area (Å²) < 4.78 is 23.1. The zero-order valence-corrected chi connectivity index (χ0v) is 7.00. The van der Waals surface area contributed by atoms with Crippen LogP contribution in [0.15, 0.2) is 0 Å². The zero-order valence-electron chi connectivity index (χ0n) is 5.29. The van der Waals surface area contributed by atoms with E-state index in [1.54, 1.807) is 0 Å². The minimum atomic E-state index is -2.98. The smallest absolute Gasteiger partial charge is 0.208 e. The molecule has 0 rings (SSSR count). The molecule has 0 heterocycles. The van der Waals surface area contributed by atoms with Crippen molar-refractivity contribution in [3.63, 3.8) is 0 Å². The Kier molecular flexibility index (Phi) is 4.26. The summed E-state index contributed by atoms with van der Waals surface area (Å²) >= 11 is 3.92. The molecule has 1 N–H and O–H groups in total. The molecule has 0 aliphatic carbocycles. The predicted molar refractivity (Wildman–Crippen MR) is 41.3 cm³/mol. The highest BCUT2D eigenvalue weighted by Gasteiger charge is 1.96. The van der Waals surface area contributed by atoms with Crippen molar-refractivity contribution < 1.29 is 8.42 Å². The first kappa shape index (κ1) is 9.26. The molecule has 0 spiro atoms. The van der Waals surface area contributed by atoms with Gasteiger partial charge in [-0.2, -0.15) is 12.6 Å². The third kappa shape index (κ3) is 8.26. The molecule has 5 heteroatoms. The van der Waals surface area contributed by atoms with Gasteiger partial charge in [-0.3, -0.25) is 0 Å². The second kappa shape index (κ2) is 4.14. The maximum atomic E-state index is 10.4. The van der Waals surface area contributed by atoms with E-state index in [0.717, 1.165) is 12.7 Å². The van der Waals surface area contributed by atoms with Gasteiger partial charge < -0.3 is 0 Å². The fourth-order valence-electron chi connectivity index (χ4n) is 0.337. The van der Waals surface area contributed by atoms with Gasteiger partial charge in [-0.15, -0.1) is 0 Å². The Balaban J connectivity index is 3.30. The maximum Gasteiger partial charge on any atom is 0.208 e. The SMILES string of the molecule is CS(=O)(=O)NCCCS. The van der Waals surface area contributed by atoms with Crippen LogP contribution in [0.4, 0.5) is 0 Å². The number of sulfonamides is 1. The van der Waals surface area contributed by atoms with Gasteiger partial charge in [-0.05, 0) is 12.2 Å². The lowest BCUT2D eigenvalue weighted by molar-refractivity contribution is 0.587. The average molecular weight is 169 g/mol. The number of nitrogens with one attached hydrogen (secondary N) is 1. The van der Waals surface area contributed by atoms with Crippen molar-refractivity contribution in [2.45, 2.75) is 6.42 Å². The molecule has 0 unspecified atom stereocenters. The molecule has 0 radical (unpaired) electrons. The fourth-order valence-corrected chi connectivity index (χ4v) is 1.01. The largest absolute Gasteiger partial charge is 0.215 e. The minimum absolute atomic E-state index is 0.488. The Bertz CT molecular complexity index is 152. The number of hydrogen-bond acceptors (Lipinski definition) is 3. The molecule has 56 valence electrons. The zero-order chi connectivity index (χ0) is 7.33. The average Bonchev–Trinajstić information content (AvgIpc) is 1.63. The summed E-state index contributed by atoms with van der Waals surface area (Å²) in [4.78, 5) is 0. The van der Waals surface area contributed by atoms with Crippen molar-refractivity contribution in [2.24, 2.45) is 0 Å². The highest BCUT2D eigenvalue weighted by atomic mass is 32.2. The Labute approximate surface area is 61.3 Å². The van der Waals surface area contributed by atoms with Gasteiger partial charge >= 0.3 is 0 Å². The molecule has 0 aromatic rings. The number of hydrogen-bond donors (Lipinski definition) is 2. The quantitative estimate of drug-likeness (QED) is 0.454. The van der Waals surface area contributed by atoms with Crippen molar-refractivity contribution in [3.8, 4) is 0 Å². The molecule has 0 saturated heterocycles. The van der Waals surface area contributed by atoms with Gasteiger partial charge in [0.15, 0.2) is 0 Å². The Morgan fingerprint density at radius 1 is 1.56 bits per heavy atom. The fraction of sp³-hybridized carbons (Fsp3) is 1.00. The Hall–Kier alpha value is 0.260. The number of thiol groups is 1. The third-order valence-electron chi connectivity index (χ3n) is 0.699. The van der Waals surface area contributed by atoms with Crippen LogP contribution in [0.25, 0.3) is 0 Å². The first-order valence-electron chi connectivity index (χ1n) is 2.62. The highest BCUT2D eigenvalue weighted by molar-refractivity contribution is 7.88. The lowest BCUT2D eigenvalue weighted by Crippen LogP contribution is -2.23. The topological polar surface area (TPSA) is 46.2 Å². The van der Waals surface area contributed by atoms with Crippen LogP contribution in [0.1, 0.15) is 6.42 Å². The van der Waals surface area contributed by atoms with Crippen molar-refractivity contribution in [1.29, 1.82) is 0 Å². The minimum Gasteiger partial charge on any atom is -0.215 e. The van der Waals surface area contributed by atoms with Crippen LogP contribution in [-0.4, -0.2) is 27.0 Å². The second-order valence-corrected chi connectivity index (χ2v) is 4.02. The second-order valence-electron chi connectivity index (χ2n) is 1.74. The van der Waals surface area contributed by atoms with E-state index in [4.69, 9.17) is 0 Å².